The normalized spacial score (nSPS) is 21.7. The molecule has 24 heavy (non-hydrogen) atoms. The van der Waals surface area contributed by atoms with Crippen molar-refractivity contribution in [3.63, 3.8) is 0 Å². The van der Waals surface area contributed by atoms with Crippen molar-refractivity contribution >= 4 is 28.7 Å². The first kappa shape index (κ1) is 17.0. The molecule has 7 nitrogen and oxygen atoms in total. The number of carbonyl (C=O) groups is 1. The molecule has 8 heteroatoms. The molecule has 2 aromatic rings. The standard InChI is InChI=1S/C16H22ClN5O2/c1-16(2,3)24-15(23)20-11-4-6-12(7-5-11)22-13-10(9-19-22)8-18-14(17)21-13/h8-9,11-12H,4-7H2,1-3H3,(H,20,23)/t11-,12-. The fraction of sp³-hybridized carbons (Fsp3) is 0.625. The molecule has 2 aromatic heterocycles. The van der Waals surface area contributed by atoms with Crippen LogP contribution < -0.4 is 5.32 Å². The van der Waals surface area contributed by atoms with Crippen molar-refractivity contribution in [2.75, 3.05) is 0 Å². The molecule has 130 valence electrons. The average molecular weight is 352 g/mol. The smallest absolute Gasteiger partial charge is 0.407 e. The van der Waals surface area contributed by atoms with E-state index in [2.05, 4.69) is 20.4 Å². The van der Waals surface area contributed by atoms with Gasteiger partial charge in [-0.1, -0.05) is 0 Å². The lowest BCUT2D eigenvalue weighted by molar-refractivity contribution is 0.0487. The minimum atomic E-state index is -0.478. The van der Waals surface area contributed by atoms with E-state index < -0.39 is 5.60 Å². The number of hydrogen-bond acceptors (Lipinski definition) is 5. The number of carbonyl (C=O) groups excluding carboxylic acids is 1. The summed E-state index contributed by atoms with van der Waals surface area (Å²) in [5.41, 5.74) is 0.285. The molecule has 3 rings (SSSR count). The molecule has 0 radical (unpaired) electrons. The second-order valence-electron chi connectivity index (χ2n) is 7.16. The summed E-state index contributed by atoms with van der Waals surface area (Å²) in [5, 5.41) is 8.50. The first-order chi connectivity index (χ1) is 11.3. The third-order valence-corrected chi connectivity index (χ3v) is 4.25. The van der Waals surface area contributed by atoms with Crippen LogP contribution in [-0.2, 0) is 4.74 Å². The first-order valence-corrected chi connectivity index (χ1v) is 8.55. The molecule has 1 amide bonds. The highest BCUT2D eigenvalue weighted by Gasteiger charge is 2.27. The van der Waals surface area contributed by atoms with E-state index in [1.165, 1.54) is 0 Å². The number of fused-ring (bicyclic) bond motifs is 1. The van der Waals surface area contributed by atoms with E-state index >= 15 is 0 Å². The van der Waals surface area contributed by atoms with Gasteiger partial charge in [-0.05, 0) is 58.1 Å². The van der Waals surface area contributed by atoms with E-state index in [0.29, 0.717) is 0 Å². The van der Waals surface area contributed by atoms with Crippen molar-refractivity contribution in [1.29, 1.82) is 0 Å². The van der Waals surface area contributed by atoms with E-state index in [0.717, 1.165) is 36.7 Å². The second kappa shape index (κ2) is 6.55. The largest absolute Gasteiger partial charge is 0.444 e. The number of halogens is 1. The molecule has 1 aliphatic rings. The van der Waals surface area contributed by atoms with Crippen LogP contribution in [0.5, 0.6) is 0 Å². The lowest BCUT2D eigenvalue weighted by Gasteiger charge is -2.30. The van der Waals surface area contributed by atoms with E-state index in [1.807, 2.05) is 25.5 Å². The third kappa shape index (κ3) is 3.95. The Bertz CT molecular complexity index is 732. The van der Waals surface area contributed by atoms with Crippen LogP contribution in [0.1, 0.15) is 52.5 Å². The minimum absolute atomic E-state index is 0.135. The number of alkyl carbamates (subject to hydrolysis) is 1. The Balaban J connectivity index is 1.60. The van der Waals surface area contributed by atoms with Crippen LogP contribution in [0, 0.1) is 0 Å². The maximum Gasteiger partial charge on any atom is 0.407 e. The zero-order chi connectivity index (χ0) is 17.3. The summed E-state index contributed by atoms with van der Waals surface area (Å²) in [6.45, 7) is 5.58. The Morgan fingerprint density at radius 1 is 1.29 bits per heavy atom. The Labute approximate surface area is 145 Å². The minimum Gasteiger partial charge on any atom is -0.444 e. The molecule has 0 spiro atoms. The Morgan fingerprint density at radius 3 is 2.67 bits per heavy atom. The SMILES string of the molecule is CC(C)(C)OC(=O)N[C@H]1CC[C@H](n2ncc3cnc(Cl)nc32)CC1. The zero-order valence-electron chi connectivity index (χ0n) is 14.1. The lowest BCUT2D eigenvalue weighted by Crippen LogP contribution is -2.41. The molecule has 1 N–H and O–H groups in total. The van der Waals surface area contributed by atoms with Crippen LogP contribution in [0.2, 0.25) is 5.28 Å². The quantitative estimate of drug-likeness (QED) is 0.837. The zero-order valence-corrected chi connectivity index (χ0v) is 14.9. The second-order valence-corrected chi connectivity index (χ2v) is 7.50. The summed E-state index contributed by atoms with van der Waals surface area (Å²) in [6.07, 6.45) is 6.68. The number of amides is 1. The maximum atomic E-state index is 11.9. The number of nitrogens with zero attached hydrogens (tertiary/aromatic N) is 4. The van der Waals surface area contributed by atoms with E-state index in [9.17, 15) is 4.79 Å². The van der Waals surface area contributed by atoms with Gasteiger partial charge in [-0.25, -0.2) is 14.5 Å². The van der Waals surface area contributed by atoms with Crippen LogP contribution in [-0.4, -0.2) is 37.5 Å². The summed E-state index contributed by atoms with van der Waals surface area (Å²) >= 11 is 5.89. The highest BCUT2D eigenvalue weighted by Crippen LogP contribution is 2.30. The van der Waals surface area contributed by atoms with Crippen molar-refractivity contribution in [3.8, 4) is 0 Å². The van der Waals surface area contributed by atoms with Gasteiger partial charge in [-0.15, -0.1) is 0 Å². The van der Waals surface area contributed by atoms with Crippen molar-refractivity contribution in [2.45, 2.75) is 64.1 Å². The molecule has 1 saturated carbocycles. The topological polar surface area (TPSA) is 81.9 Å². The van der Waals surface area contributed by atoms with Crippen LogP contribution >= 0.6 is 11.6 Å². The average Bonchev–Trinajstić information content (AvgIpc) is 2.89. The van der Waals surface area contributed by atoms with Gasteiger partial charge < -0.3 is 10.1 Å². The fourth-order valence-corrected chi connectivity index (χ4v) is 3.15. The van der Waals surface area contributed by atoms with E-state index in [4.69, 9.17) is 16.3 Å². The van der Waals surface area contributed by atoms with Crippen molar-refractivity contribution in [3.05, 3.63) is 17.7 Å². The van der Waals surface area contributed by atoms with Gasteiger partial charge in [-0.3, -0.25) is 0 Å². The van der Waals surface area contributed by atoms with Crippen LogP contribution in [0.15, 0.2) is 12.4 Å². The molecule has 1 aliphatic carbocycles. The van der Waals surface area contributed by atoms with Gasteiger partial charge >= 0.3 is 6.09 Å². The summed E-state index contributed by atoms with van der Waals surface area (Å²) in [5.74, 6) is 0. The number of nitrogens with one attached hydrogen (secondary N) is 1. The third-order valence-electron chi connectivity index (χ3n) is 4.07. The highest BCUT2D eigenvalue weighted by molar-refractivity contribution is 6.28. The molecule has 0 atom stereocenters. The molecule has 1 fully saturated rings. The van der Waals surface area contributed by atoms with Gasteiger partial charge in [0.2, 0.25) is 5.28 Å². The summed E-state index contributed by atoms with van der Waals surface area (Å²) in [6, 6.07) is 0.390. The maximum absolute atomic E-state index is 11.9. The fourth-order valence-electron chi connectivity index (χ4n) is 3.02. The van der Waals surface area contributed by atoms with Crippen molar-refractivity contribution in [1.82, 2.24) is 25.1 Å². The number of rotatable bonds is 2. The molecular formula is C16H22ClN5O2. The molecule has 0 aliphatic heterocycles. The molecule has 0 aromatic carbocycles. The van der Waals surface area contributed by atoms with Gasteiger partial charge in [0.15, 0.2) is 5.65 Å². The molecule has 0 unspecified atom stereocenters. The van der Waals surface area contributed by atoms with E-state index in [1.54, 1.807) is 12.4 Å². The van der Waals surface area contributed by atoms with Crippen LogP contribution in [0.3, 0.4) is 0 Å². The number of ether oxygens (including phenoxy) is 1. The van der Waals surface area contributed by atoms with Crippen molar-refractivity contribution < 1.29 is 9.53 Å². The Hall–Kier alpha value is -1.89. The van der Waals surface area contributed by atoms with Gasteiger partial charge in [-0.2, -0.15) is 10.1 Å². The van der Waals surface area contributed by atoms with Crippen LogP contribution in [0.4, 0.5) is 4.79 Å². The lowest BCUT2D eigenvalue weighted by atomic mass is 9.91. The van der Waals surface area contributed by atoms with Gasteiger partial charge in [0.1, 0.15) is 5.60 Å². The van der Waals surface area contributed by atoms with E-state index in [-0.39, 0.29) is 23.5 Å². The number of aromatic nitrogens is 4. The molecular weight excluding hydrogens is 330 g/mol. The predicted molar refractivity (Wildman–Crippen MR) is 91.0 cm³/mol. The summed E-state index contributed by atoms with van der Waals surface area (Å²) in [4.78, 5) is 20.1. The Morgan fingerprint density at radius 2 is 2.00 bits per heavy atom. The van der Waals surface area contributed by atoms with Crippen molar-refractivity contribution in [2.24, 2.45) is 0 Å². The predicted octanol–water partition coefficient (Wildman–Crippen LogP) is 3.49. The molecule has 0 saturated heterocycles. The van der Waals surface area contributed by atoms with Gasteiger partial charge in [0.25, 0.3) is 0 Å². The molecule has 2 heterocycles. The Kier molecular flexibility index (Phi) is 4.62. The number of hydrogen-bond donors (Lipinski definition) is 1. The van der Waals surface area contributed by atoms with Gasteiger partial charge in [0, 0.05) is 12.2 Å². The monoisotopic (exact) mass is 351 g/mol. The molecule has 0 bridgehead atoms. The summed E-state index contributed by atoms with van der Waals surface area (Å²) in [7, 11) is 0. The van der Waals surface area contributed by atoms with Gasteiger partial charge in [0.05, 0.1) is 17.6 Å². The van der Waals surface area contributed by atoms with Crippen LogP contribution in [0.25, 0.3) is 11.0 Å². The highest BCUT2D eigenvalue weighted by atomic mass is 35.5. The first-order valence-electron chi connectivity index (χ1n) is 8.17. The summed E-state index contributed by atoms with van der Waals surface area (Å²) < 4.78 is 7.23.